The summed E-state index contributed by atoms with van der Waals surface area (Å²) < 4.78 is 6.11. The van der Waals surface area contributed by atoms with Crippen molar-refractivity contribution in [2.24, 2.45) is 4.99 Å². The SMILES string of the molecule is C[Si](C)(C)Oc1ccccc1CCN=Cc1ncccn1. The van der Waals surface area contributed by atoms with Crippen LogP contribution in [0.5, 0.6) is 5.75 Å². The van der Waals surface area contributed by atoms with E-state index in [0.717, 1.165) is 12.2 Å². The van der Waals surface area contributed by atoms with Gasteiger partial charge < -0.3 is 4.43 Å². The van der Waals surface area contributed by atoms with Crippen LogP contribution in [0.3, 0.4) is 0 Å². The minimum Gasteiger partial charge on any atom is -0.544 e. The molecule has 0 fully saturated rings. The Morgan fingerprint density at radius 3 is 2.52 bits per heavy atom. The summed E-state index contributed by atoms with van der Waals surface area (Å²) in [7, 11) is -1.59. The van der Waals surface area contributed by atoms with Gasteiger partial charge in [0.1, 0.15) is 5.75 Å². The smallest absolute Gasteiger partial charge is 0.242 e. The number of rotatable bonds is 6. The molecule has 0 N–H and O–H groups in total. The Morgan fingerprint density at radius 1 is 1.10 bits per heavy atom. The van der Waals surface area contributed by atoms with Crippen molar-refractivity contribution in [3.05, 3.63) is 54.1 Å². The van der Waals surface area contributed by atoms with E-state index in [1.54, 1.807) is 24.7 Å². The van der Waals surface area contributed by atoms with Gasteiger partial charge in [0.15, 0.2) is 5.82 Å². The summed E-state index contributed by atoms with van der Waals surface area (Å²) in [4.78, 5) is 12.6. The summed E-state index contributed by atoms with van der Waals surface area (Å²) in [5.74, 6) is 1.63. The highest BCUT2D eigenvalue weighted by Gasteiger charge is 2.17. The molecule has 0 aliphatic heterocycles. The number of aliphatic imine (C=N–C) groups is 1. The third-order valence-electron chi connectivity index (χ3n) is 2.69. The van der Waals surface area contributed by atoms with Gasteiger partial charge in [-0.25, -0.2) is 9.97 Å². The van der Waals surface area contributed by atoms with E-state index < -0.39 is 8.32 Å². The summed E-state index contributed by atoms with van der Waals surface area (Å²) in [5.41, 5.74) is 1.20. The predicted octanol–water partition coefficient (Wildman–Crippen LogP) is 3.35. The maximum Gasteiger partial charge on any atom is 0.242 e. The van der Waals surface area contributed by atoms with Crippen LogP contribution >= 0.6 is 0 Å². The van der Waals surface area contributed by atoms with Crippen LogP contribution in [0.2, 0.25) is 19.6 Å². The fourth-order valence-corrected chi connectivity index (χ4v) is 2.71. The molecule has 0 unspecified atom stereocenters. The lowest BCUT2D eigenvalue weighted by Gasteiger charge is -2.21. The Morgan fingerprint density at radius 2 is 1.81 bits per heavy atom. The molecule has 1 aromatic heterocycles. The highest BCUT2D eigenvalue weighted by Crippen LogP contribution is 2.22. The molecule has 0 saturated carbocycles. The highest BCUT2D eigenvalue weighted by atomic mass is 28.4. The zero-order valence-electron chi connectivity index (χ0n) is 12.8. The van der Waals surface area contributed by atoms with Crippen molar-refractivity contribution in [1.29, 1.82) is 0 Å². The third-order valence-corrected chi connectivity index (χ3v) is 3.52. The molecule has 0 saturated heterocycles. The molecule has 2 aromatic rings. The van der Waals surface area contributed by atoms with E-state index in [1.165, 1.54) is 5.56 Å². The number of para-hydroxylation sites is 1. The van der Waals surface area contributed by atoms with Gasteiger partial charge in [0.05, 0.1) is 6.21 Å². The first kappa shape index (κ1) is 15.4. The van der Waals surface area contributed by atoms with Crippen LogP contribution in [0.4, 0.5) is 0 Å². The minimum absolute atomic E-state index is 0.643. The van der Waals surface area contributed by atoms with Crippen molar-refractivity contribution in [2.75, 3.05) is 6.54 Å². The molecule has 0 radical (unpaired) electrons. The molecule has 1 aromatic carbocycles. The third kappa shape index (κ3) is 5.47. The zero-order chi connectivity index (χ0) is 15.1. The first-order chi connectivity index (χ1) is 10.0. The Balaban J connectivity index is 1.96. The van der Waals surface area contributed by atoms with Crippen molar-refractivity contribution >= 4 is 14.5 Å². The minimum atomic E-state index is -1.59. The van der Waals surface area contributed by atoms with Crippen LogP contribution in [0.15, 0.2) is 47.7 Å². The fraction of sp³-hybridized carbons (Fsp3) is 0.312. The molecule has 0 aliphatic carbocycles. The van der Waals surface area contributed by atoms with Gasteiger partial charge in [-0.15, -0.1) is 0 Å². The van der Waals surface area contributed by atoms with Crippen LogP contribution < -0.4 is 4.43 Å². The summed E-state index contributed by atoms with van der Waals surface area (Å²) in [5, 5.41) is 0. The number of nitrogens with zero attached hydrogens (tertiary/aromatic N) is 3. The first-order valence-electron chi connectivity index (χ1n) is 7.08. The highest BCUT2D eigenvalue weighted by molar-refractivity contribution is 6.70. The van der Waals surface area contributed by atoms with Crippen molar-refractivity contribution in [3.8, 4) is 5.75 Å². The van der Waals surface area contributed by atoms with Gasteiger partial charge in [0, 0.05) is 18.9 Å². The van der Waals surface area contributed by atoms with Gasteiger partial charge in [-0.3, -0.25) is 4.99 Å². The van der Waals surface area contributed by atoms with Gasteiger partial charge in [0.2, 0.25) is 8.32 Å². The van der Waals surface area contributed by atoms with Crippen molar-refractivity contribution in [3.63, 3.8) is 0 Å². The molecule has 0 spiro atoms. The predicted molar refractivity (Wildman–Crippen MR) is 88.6 cm³/mol. The average molecular weight is 299 g/mol. The summed E-state index contributed by atoms with van der Waals surface area (Å²) in [6.45, 7) is 7.27. The van der Waals surface area contributed by atoms with Gasteiger partial charge >= 0.3 is 0 Å². The largest absolute Gasteiger partial charge is 0.544 e. The molecule has 0 aliphatic rings. The molecule has 5 heteroatoms. The molecule has 1 heterocycles. The second-order valence-electron chi connectivity index (χ2n) is 5.71. The van der Waals surface area contributed by atoms with Crippen molar-refractivity contribution < 1.29 is 4.43 Å². The summed E-state index contributed by atoms with van der Waals surface area (Å²) in [6.07, 6.45) is 5.99. The van der Waals surface area contributed by atoms with E-state index in [-0.39, 0.29) is 0 Å². The first-order valence-corrected chi connectivity index (χ1v) is 10.5. The van der Waals surface area contributed by atoms with Crippen LogP contribution in [0, 0.1) is 0 Å². The monoisotopic (exact) mass is 299 g/mol. The van der Waals surface area contributed by atoms with E-state index >= 15 is 0 Å². The number of aromatic nitrogens is 2. The molecule has 2 rings (SSSR count). The van der Waals surface area contributed by atoms with Gasteiger partial charge in [-0.2, -0.15) is 0 Å². The lowest BCUT2D eigenvalue weighted by molar-refractivity contribution is 0.549. The molecule has 0 bridgehead atoms. The Kier molecular flexibility index (Phi) is 5.22. The number of hydrogen-bond donors (Lipinski definition) is 0. The normalized spacial score (nSPS) is 11.8. The van der Waals surface area contributed by atoms with Crippen LogP contribution in [-0.2, 0) is 6.42 Å². The average Bonchev–Trinajstić information content (AvgIpc) is 2.45. The molecular formula is C16H21N3OSi. The lowest BCUT2D eigenvalue weighted by Crippen LogP contribution is -2.29. The quantitative estimate of drug-likeness (QED) is 0.607. The van der Waals surface area contributed by atoms with E-state index in [0.29, 0.717) is 12.4 Å². The molecule has 110 valence electrons. The van der Waals surface area contributed by atoms with Crippen LogP contribution in [0.1, 0.15) is 11.4 Å². The lowest BCUT2D eigenvalue weighted by atomic mass is 10.1. The molecule has 21 heavy (non-hydrogen) atoms. The molecule has 0 atom stereocenters. The van der Waals surface area contributed by atoms with E-state index in [4.69, 9.17) is 4.43 Å². The maximum atomic E-state index is 6.11. The Labute approximate surface area is 127 Å². The second kappa shape index (κ2) is 7.13. The molecule has 4 nitrogen and oxygen atoms in total. The van der Waals surface area contributed by atoms with Crippen LogP contribution in [-0.4, -0.2) is 31.0 Å². The van der Waals surface area contributed by atoms with Crippen LogP contribution in [0.25, 0.3) is 0 Å². The standard InChI is InChI=1S/C16H21N3OSi/c1-21(2,3)20-15-8-5-4-7-14(15)9-12-17-13-16-18-10-6-11-19-16/h4-8,10-11,13H,9,12H2,1-3H3. The Hall–Kier alpha value is -2.01. The molecule has 0 amide bonds. The Bertz CT molecular complexity index is 594. The zero-order valence-corrected chi connectivity index (χ0v) is 13.8. The topological polar surface area (TPSA) is 47.4 Å². The van der Waals surface area contributed by atoms with Gasteiger partial charge in [-0.05, 0) is 43.8 Å². The van der Waals surface area contributed by atoms with Crippen molar-refractivity contribution in [2.45, 2.75) is 26.1 Å². The van der Waals surface area contributed by atoms with E-state index in [9.17, 15) is 0 Å². The van der Waals surface area contributed by atoms with Crippen molar-refractivity contribution in [1.82, 2.24) is 9.97 Å². The van der Waals surface area contributed by atoms with E-state index in [2.05, 4.69) is 40.7 Å². The van der Waals surface area contributed by atoms with Gasteiger partial charge in [0.25, 0.3) is 0 Å². The number of benzene rings is 1. The molecular weight excluding hydrogens is 278 g/mol. The van der Waals surface area contributed by atoms with Gasteiger partial charge in [-0.1, -0.05) is 18.2 Å². The fourth-order valence-electron chi connectivity index (χ4n) is 1.85. The second-order valence-corrected chi connectivity index (χ2v) is 10.1. The number of hydrogen-bond acceptors (Lipinski definition) is 4. The summed E-state index contributed by atoms with van der Waals surface area (Å²) >= 11 is 0. The summed E-state index contributed by atoms with van der Waals surface area (Å²) in [6, 6.07) is 9.99. The maximum absolute atomic E-state index is 6.11. The van der Waals surface area contributed by atoms with E-state index in [1.807, 2.05) is 18.2 Å².